The third kappa shape index (κ3) is 3.00. The largest absolute Gasteiger partial charge is 0.447 e. The first kappa shape index (κ1) is 16.8. The van der Waals surface area contributed by atoms with Crippen LogP contribution in [0, 0.1) is 0 Å². The fraction of sp³-hybridized carbons (Fsp3) is 0.250. The number of hydroxylamine groups is 1. The number of nitrogens with zero attached hydrogens (tertiary/aromatic N) is 3. The van der Waals surface area contributed by atoms with E-state index in [1.807, 2.05) is 31.0 Å². The van der Waals surface area contributed by atoms with Crippen molar-refractivity contribution in [1.29, 1.82) is 0 Å². The quantitative estimate of drug-likeness (QED) is 0.733. The molecule has 0 spiro atoms. The summed E-state index contributed by atoms with van der Waals surface area (Å²) in [5.41, 5.74) is 1.65. The van der Waals surface area contributed by atoms with Crippen molar-refractivity contribution in [3.05, 3.63) is 63.9 Å². The van der Waals surface area contributed by atoms with Crippen molar-refractivity contribution < 1.29 is 14.0 Å². The van der Waals surface area contributed by atoms with Crippen LogP contribution in [0.4, 0.5) is 0 Å². The number of oxazole rings is 1. The number of aromatic nitrogens is 1. The van der Waals surface area contributed by atoms with Crippen LogP contribution in [0.5, 0.6) is 0 Å². The van der Waals surface area contributed by atoms with Gasteiger partial charge in [-0.2, -0.15) is 5.01 Å². The third-order valence-corrected chi connectivity index (χ3v) is 4.60. The van der Waals surface area contributed by atoms with Crippen molar-refractivity contribution in [3.63, 3.8) is 0 Å². The van der Waals surface area contributed by atoms with E-state index in [0.717, 1.165) is 11.3 Å². The Morgan fingerprint density at radius 1 is 1.38 bits per heavy atom. The lowest BCUT2D eigenvalue weighted by Crippen LogP contribution is -2.40. The molecule has 0 aliphatic carbocycles. The summed E-state index contributed by atoms with van der Waals surface area (Å²) in [6.45, 7) is 4.17. The summed E-state index contributed by atoms with van der Waals surface area (Å²) in [4.78, 5) is 20.3. The van der Waals surface area contributed by atoms with E-state index in [9.17, 15) is 4.79 Å². The van der Waals surface area contributed by atoms with E-state index in [1.54, 1.807) is 18.3 Å². The Bertz CT molecular complexity index is 764. The molecule has 3 rings (SSSR count). The number of benzene rings is 1. The minimum atomic E-state index is -0.315. The van der Waals surface area contributed by atoms with Gasteiger partial charge in [0.05, 0.1) is 28.0 Å². The molecular weight excluding hydrogens is 353 g/mol. The normalized spacial score (nSPS) is 19.2. The number of hydrazine groups is 1. The smallest absolute Gasteiger partial charge is 0.322 e. The molecule has 0 fully saturated rings. The predicted molar refractivity (Wildman–Crippen MR) is 88.7 cm³/mol. The molecule has 24 heavy (non-hydrogen) atoms. The molecule has 0 saturated carbocycles. The van der Waals surface area contributed by atoms with Crippen LogP contribution in [0.2, 0.25) is 10.0 Å². The lowest BCUT2D eigenvalue weighted by molar-refractivity contribution is -0.248. The van der Waals surface area contributed by atoms with Gasteiger partial charge in [-0.15, -0.1) is 5.17 Å². The maximum absolute atomic E-state index is 10.9. The second-order valence-electron chi connectivity index (χ2n) is 5.33. The van der Waals surface area contributed by atoms with Gasteiger partial charge in [-0.25, -0.2) is 4.98 Å². The SMILES string of the molecule is CC1=CC(c2ncco2)N(C(C)c2ccc(Cl)c(Cl)c2)N1OC=O. The first-order valence-electron chi connectivity index (χ1n) is 7.24. The molecule has 2 heterocycles. The van der Waals surface area contributed by atoms with E-state index in [4.69, 9.17) is 32.5 Å². The highest BCUT2D eigenvalue weighted by molar-refractivity contribution is 6.42. The molecule has 0 amide bonds. The van der Waals surface area contributed by atoms with Crippen molar-refractivity contribution in [2.75, 3.05) is 0 Å². The van der Waals surface area contributed by atoms with Gasteiger partial charge in [-0.05, 0) is 37.6 Å². The van der Waals surface area contributed by atoms with E-state index < -0.39 is 0 Å². The van der Waals surface area contributed by atoms with E-state index in [-0.39, 0.29) is 12.1 Å². The summed E-state index contributed by atoms with van der Waals surface area (Å²) in [5.74, 6) is 0.498. The van der Waals surface area contributed by atoms with Gasteiger partial charge >= 0.3 is 6.47 Å². The molecule has 0 N–H and O–H groups in total. The molecule has 1 aromatic heterocycles. The van der Waals surface area contributed by atoms with Crippen LogP contribution in [-0.2, 0) is 9.63 Å². The minimum absolute atomic E-state index is 0.190. The molecule has 0 bridgehead atoms. The standard InChI is InChI=1S/C16H15Cl2N3O3/c1-10-7-15(16-19-5-6-23-16)20(21(10)24-9-22)11(2)12-3-4-13(17)14(18)8-12/h3-9,11,15H,1-2H3. The Morgan fingerprint density at radius 3 is 2.79 bits per heavy atom. The molecule has 0 radical (unpaired) electrons. The average Bonchev–Trinajstić information content (AvgIpc) is 3.19. The highest BCUT2D eigenvalue weighted by atomic mass is 35.5. The summed E-state index contributed by atoms with van der Waals surface area (Å²) < 4.78 is 5.44. The second-order valence-corrected chi connectivity index (χ2v) is 6.14. The van der Waals surface area contributed by atoms with Crippen LogP contribution < -0.4 is 0 Å². The average molecular weight is 368 g/mol. The van der Waals surface area contributed by atoms with Crippen LogP contribution >= 0.6 is 23.2 Å². The summed E-state index contributed by atoms with van der Waals surface area (Å²) in [6, 6.07) is 4.89. The number of carbonyl (C=O) groups is 1. The topological polar surface area (TPSA) is 58.8 Å². The maximum Gasteiger partial charge on any atom is 0.322 e. The molecule has 1 aliphatic rings. The molecule has 2 aromatic rings. The van der Waals surface area contributed by atoms with E-state index in [0.29, 0.717) is 22.4 Å². The number of allylic oxidation sites excluding steroid dienone is 1. The number of rotatable bonds is 5. The van der Waals surface area contributed by atoms with Crippen LogP contribution in [0.3, 0.4) is 0 Å². The van der Waals surface area contributed by atoms with Crippen molar-refractivity contribution in [1.82, 2.24) is 15.2 Å². The van der Waals surface area contributed by atoms with Crippen LogP contribution in [-0.4, -0.2) is 21.6 Å². The summed E-state index contributed by atoms with van der Waals surface area (Å²) in [7, 11) is 0. The minimum Gasteiger partial charge on any atom is -0.447 e. The van der Waals surface area contributed by atoms with Gasteiger partial charge < -0.3 is 9.25 Å². The molecular formula is C16H15Cl2N3O3. The number of carbonyl (C=O) groups excluding carboxylic acids is 1. The highest BCUT2D eigenvalue weighted by Gasteiger charge is 2.39. The predicted octanol–water partition coefficient (Wildman–Crippen LogP) is 4.31. The number of halogens is 2. The monoisotopic (exact) mass is 367 g/mol. The molecule has 8 heteroatoms. The van der Waals surface area contributed by atoms with Gasteiger partial charge in [-0.3, -0.25) is 4.79 Å². The number of hydrogen-bond acceptors (Lipinski definition) is 6. The Hall–Kier alpha value is -2.02. The van der Waals surface area contributed by atoms with Gasteiger partial charge in [0.25, 0.3) is 0 Å². The summed E-state index contributed by atoms with van der Waals surface area (Å²) in [6.07, 6.45) is 4.98. The molecule has 2 atom stereocenters. The zero-order valence-electron chi connectivity index (χ0n) is 13.0. The van der Waals surface area contributed by atoms with Crippen LogP contribution in [0.15, 0.2) is 46.8 Å². The molecule has 2 unspecified atom stereocenters. The lowest BCUT2D eigenvalue weighted by atomic mass is 10.1. The fourth-order valence-electron chi connectivity index (χ4n) is 2.73. The van der Waals surface area contributed by atoms with E-state index >= 15 is 0 Å². The maximum atomic E-state index is 10.9. The van der Waals surface area contributed by atoms with Gasteiger partial charge in [0.15, 0.2) is 0 Å². The van der Waals surface area contributed by atoms with Gasteiger partial charge in [0, 0.05) is 0 Å². The van der Waals surface area contributed by atoms with Gasteiger partial charge in [0.1, 0.15) is 12.3 Å². The molecule has 126 valence electrons. The van der Waals surface area contributed by atoms with Crippen LogP contribution in [0.25, 0.3) is 0 Å². The first-order chi connectivity index (χ1) is 11.5. The number of hydrogen-bond donors (Lipinski definition) is 0. The molecule has 1 aromatic carbocycles. The van der Waals surface area contributed by atoms with E-state index in [1.165, 1.54) is 11.4 Å². The Balaban J connectivity index is 1.99. The van der Waals surface area contributed by atoms with Crippen molar-refractivity contribution in [2.24, 2.45) is 0 Å². The Morgan fingerprint density at radius 2 is 2.17 bits per heavy atom. The fourth-order valence-corrected chi connectivity index (χ4v) is 3.04. The first-order valence-corrected chi connectivity index (χ1v) is 8.00. The molecule has 1 aliphatic heterocycles. The second kappa shape index (κ2) is 6.84. The zero-order chi connectivity index (χ0) is 17.3. The third-order valence-electron chi connectivity index (χ3n) is 3.87. The molecule has 0 saturated heterocycles. The van der Waals surface area contributed by atoms with Crippen LogP contribution in [0.1, 0.15) is 37.4 Å². The summed E-state index contributed by atoms with van der Waals surface area (Å²) >= 11 is 12.1. The van der Waals surface area contributed by atoms with E-state index in [2.05, 4.69) is 4.98 Å². The highest BCUT2D eigenvalue weighted by Crippen LogP contribution is 2.40. The zero-order valence-corrected chi connectivity index (χ0v) is 14.5. The Labute approximate surface area is 149 Å². The van der Waals surface area contributed by atoms with Crippen molar-refractivity contribution in [2.45, 2.75) is 25.9 Å². The van der Waals surface area contributed by atoms with Gasteiger partial charge in [0.2, 0.25) is 5.89 Å². The lowest BCUT2D eigenvalue weighted by Gasteiger charge is -2.35. The molecule has 6 nitrogen and oxygen atoms in total. The van der Waals surface area contributed by atoms with Crippen molar-refractivity contribution >= 4 is 29.7 Å². The summed E-state index contributed by atoms with van der Waals surface area (Å²) in [5, 5.41) is 4.21. The van der Waals surface area contributed by atoms with Crippen molar-refractivity contribution in [3.8, 4) is 0 Å². The van der Waals surface area contributed by atoms with Gasteiger partial charge in [-0.1, -0.05) is 29.3 Å². The Kier molecular flexibility index (Phi) is 4.80.